The number of nitrogens with one attached hydrogen (secondary N) is 1. The van der Waals surface area contributed by atoms with Crippen LogP contribution in [0.15, 0.2) is 23.4 Å². The van der Waals surface area contributed by atoms with Crippen LogP contribution in [0.25, 0.3) is 0 Å². The standard InChI is InChI=1S/C9H11ClN2O4S/c1-2-16-6-8(13)12-17(14,15)9-4-3-7(10)5-11-9/h3-5H,2,6H2,1H3,(H,12,13). The van der Waals surface area contributed by atoms with Gasteiger partial charge in [-0.2, -0.15) is 8.42 Å². The fraction of sp³-hybridized carbons (Fsp3) is 0.333. The molecule has 1 aromatic heterocycles. The van der Waals surface area contributed by atoms with E-state index in [2.05, 4.69) is 4.98 Å². The number of sulfonamides is 1. The number of halogens is 1. The average molecular weight is 279 g/mol. The number of hydrogen-bond acceptors (Lipinski definition) is 5. The summed E-state index contributed by atoms with van der Waals surface area (Å²) < 4.78 is 29.9. The molecule has 1 N–H and O–H groups in total. The van der Waals surface area contributed by atoms with Gasteiger partial charge in [0.1, 0.15) is 6.61 Å². The fourth-order valence-corrected chi connectivity index (χ4v) is 1.96. The van der Waals surface area contributed by atoms with Gasteiger partial charge in [0, 0.05) is 12.8 Å². The lowest BCUT2D eigenvalue weighted by atomic mass is 10.5. The first-order valence-electron chi connectivity index (χ1n) is 4.70. The Morgan fingerprint density at radius 1 is 1.53 bits per heavy atom. The Hall–Kier alpha value is -1.18. The summed E-state index contributed by atoms with van der Waals surface area (Å²) in [6, 6.07) is 2.58. The van der Waals surface area contributed by atoms with E-state index < -0.39 is 15.9 Å². The maximum atomic E-state index is 11.6. The van der Waals surface area contributed by atoms with Gasteiger partial charge < -0.3 is 4.74 Å². The van der Waals surface area contributed by atoms with Gasteiger partial charge in [-0.3, -0.25) is 4.79 Å². The first-order chi connectivity index (χ1) is 7.95. The van der Waals surface area contributed by atoms with Crippen molar-refractivity contribution in [1.82, 2.24) is 9.71 Å². The number of rotatable bonds is 5. The number of aromatic nitrogens is 1. The molecule has 0 spiro atoms. The van der Waals surface area contributed by atoms with Gasteiger partial charge in [-0.05, 0) is 19.1 Å². The summed E-state index contributed by atoms with van der Waals surface area (Å²) in [5.74, 6) is -0.747. The number of amides is 1. The molecule has 0 saturated heterocycles. The predicted octanol–water partition coefficient (Wildman–Crippen LogP) is 0.576. The molecule has 0 saturated carbocycles. The highest BCUT2D eigenvalue weighted by Gasteiger charge is 2.18. The summed E-state index contributed by atoms with van der Waals surface area (Å²) in [4.78, 5) is 14.8. The van der Waals surface area contributed by atoms with Crippen molar-refractivity contribution < 1.29 is 17.9 Å². The maximum absolute atomic E-state index is 11.6. The van der Waals surface area contributed by atoms with Crippen LogP contribution in [0.2, 0.25) is 5.02 Å². The van der Waals surface area contributed by atoms with Crippen LogP contribution in [0.4, 0.5) is 0 Å². The summed E-state index contributed by atoms with van der Waals surface area (Å²) in [6.07, 6.45) is 1.18. The van der Waals surface area contributed by atoms with Crippen molar-refractivity contribution in [2.75, 3.05) is 13.2 Å². The van der Waals surface area contributed by atoms with Crippen LogP contribution in [0, 0.1) is 0 Å². The Labute approximate surface area is 104 Å². The van der Waals surface area contributed by atoms with Crippen LogP contribution in [0.3, 0.4) is 0 Å². The lowest BCUT2D eigenvalue weighted by molar-refractivity contribution is -0.123. The van der Waals surface area contributed by atoms with Crippen molar-refractivity contribution in [2.24, 2.45) is 0 Å². The Bertz CT molecular complexity index is 486. The molecule has 6 nitrogen and oxygen atoms in total. The molecule has 17 heavy (non-hydrogen) atoms. The second-order valence-corrected chi connectivity index (χ2v) is 5.05. The van der Waals surface area contributed by atoms with Crippen molar-refractivity contribution in [1.29, 1.82) is 0 Å². The third-order valence-electron chi connectivity index (χ3n) is 1.66. The molecule has 0 fully saturated rings. The zero-order chi connectivity index (χ0) is 12.9. The smallest absolute Gasteiger partial charge is 0.281 e. The summed E-state index contributed by atoms with van der Waals surface area (Å²) >= 11 is 5.57. The molecule has 1 rings (SSSR count). The molecule has 1 aromatic rings. The van der Waals surface area contributed by atoms with E-state index in [0.29, 0.717) is 11.6 Å². The number of hydrogen-bond donors (Lipinski definition) is 1. The van der Waals surface area contributed by atoms with Gasteiger partial charge in [0.15, 0.2) is 5.03 Å². The summed E-state index contributed by atoms with van der Waals surface area (Å²) in [5.41, 5.74) is 0. The van der Waals surface area contributed by atoms with Crippen LogP contribution < -0.4 is 4.72 Å². The molecule has 0 unspecified atom stereocenters. The zero-order valence-corrected chi connectivity index (χ0v) is 10.6. The van der Waals surface area contributed by atoms with Gasteiger partial charge in [0.2, 0.25) is 0 Å². The van der Waals surface area contributed by atoms with Gasteiger partial charge in [-0.1, -0.05) is 11.6 Å². The normalized spacial score (nSPS) is 11.2. The van der Waals surface area contributed by atoms with Crippen LogP contribution in [-0.2, 0) is 19.6 Å². The number of ether oxygens (including phenoxy) is 1. The molecule has 0 aliphatic heterocycles. The Kier molecular flexibility index (Phi) is 4.86. The molecule has 1 heterocycles. The van der Waals surface area contributed by atoms with E-state index in [-0.39, 0.29) is 11.6 Å². The fourth-order valence-electron chi connectivity index (χ4n) is 0.948. The number of nitrogens with zero attached hydrogens (tertiary/aromatic N) is 1. The summed E-state index contributed by atoms with van der Waals surface area (Å²) in [6.45, 7) is 1.71. The monoisotopic (exact) mass is 278 g/mol. The Morgan fingerprint density at radius 2 is 2.24 bits per heavy atom. The van der Waals surface area contributed by atoms with E-state index >= 15 is 0 Å². The molecular weight excluding hydrogens is 268 g/mol. The molecule has 0 bridgehead atoms. The van der Waals surface area contributed by atoms with Gasteiger partial charge >= 0.3 is 0 Å². The molecule has 0 aromatic carbocycles. The van der Waals surface area contributed by atoms with Crippen LogP contribution >= 0.6 is 11.6 Å². The summed E-state index contributed by atoms with van der Waals surface area (Å²) in [5, 5.41) is 0.0383. The second-order valence-electron chi connectivity index (χ2n) is 2.98. The minimum absolute atomic E-state index is 0.272. The molecule has 0 radical (unpaired) electrons. The highest BCUT2D eigenvalue weighted by Crippen LogP contribution is 2.10. The lowest BCUT2D eigenvalue weighted by Gasteiger charge is -2.05. The Balaban J connectivity index is 2.75. The maximum Gasteiger partial charge on any atom is 0.281 e. The highest BCUT2D eigenvalue weighted by molar-refractivity contribution is 7.90. The van der Waals surface area contributed by atoms with Gasteiger partial charge in [0.25, 0.3) is 15.9 Å². The molecule has 0 aliphatic rings. The van der Waals surface area contributed by atoms with Gasteiger partial charge in [-0.25, -0.2) is 9.71 Å². The largest absolute Gasteiger partial charge is 0.372 e. The second kappa shape index (κ2) is 5.95. The van der Waals surface area contributed by atoms with Gasteiger partial charge in [0.05, 0.1) is 5.02 Å². The van der Waals surface area contributed by atoms with Crippen molar-refractivity contribution >= 4 is 27.5 Å². The third kappa shape index (κ3) is 4.29. The molecule has 8 heteroatoms. The van der Waals surface area contributed by atoms with E-state index in [1.165, 1.54) is 18.3 Å². The number of pyridine rings is 1. The molecule has 94 valence electrons. The van der Waals surface area contributed by atoms with Gasteiger partial charge in [-0.15, -0.1) is 0 Å². The average Bonchev–Trinajstić information content (AvgIpc) is 2.26. The quantitative estimate of drug-likeness (QED) is 0.851. The third-order valence-corrected chi connectivity index (χ3v) is 3.17. The van der Waals surface area contributed by atoms with E-state index in [9.17, 15) is 13.2 Å². The van der Waals surface area contributed by atoms with Crippen molar-refractivity contribution in [3.8, 4) is 0 Å². The van der Waals surface area contributed by atoms with Crippen molar-refractivity contribution in [2.45, 2.75) is 11.9 Å². The van der Waals surface area contributed by atoms with Crippen LogP contribution in [-0.4, -0.2) is 32.5 Å². The van der Waals surface area contributed by atoms with E-state index in [0.717, 1.165) is 0 Å². The highest BCUT2D eigenvalue weighted by atomic mass is 35.5. The molecule has 1 amide bonds. The predicted molar refractivity (Wildman–Crippen MR) is 61.1 cm³/mol. The van der Waals surface area contributed by atoms with Crippen molar-refractivity contribution in [3.63, 3.8) is 0 Å². The summed E-state index contributed by atoms with van der Waals surface area (Å²) in [7, 11) is -3.96. The van der Waals surface area contributed by atoms with Crippen LogP contribution in [0.5, 0.6) is 0 Å². The molecular formula is C9H11ClN2O4S. The van der Waals surface area contributed by atoms with E-state index in [1.807, 2.05) is 4.72 Å². The van der Waals surface area contributed by atoms with Crippen LogP contribution in [0.1, 0.15) is 6.92 Å². The van der Waals surface area contributed by atoms with Crippen molar-refractivity contribution in [3.05, 3.63) is 23.4 Å². The topological polar surface area (TPSA) is 85.4 Å². The first kappa shape index (κ1) is 13.9. The number of carbonyl (C=O) groups is 1. The van der Waals surface area contributed by atoms with E-state index in [1.54, 1.807) is 6.92 Å². The SMILES string of the molecule is CCOCC(=O)NS(=O)(=O)c1ccc(Cl)cn1. The lowest BCUT2D eigenvalue weighted by Crippen LogP contribution is -2.33. The van der Waals surface area contributed by atoms with E-state index in [4.69, 9.17) is 16.3 Å². The minimum atomic E-state index is -3.96. The number of carbonyl (C=O) groups excluding carboxylic acids is 1. The Morgan fingerprint density at radius 3 is 2.76 bits per heavy atom. The minimum Gasteiger partial charge on any atom is -0.372 e. The zero-order valence-electron chi connectivity index (χ0n) is 9.01. The first-order valence-corrected chi connectivity index (χ1v) is 6.56. The molecule has 0 atom stereocenters. The molecule has 0 aliphatic carbocycles.